The van der Waals surface area contributed by atoms with Gasteiger partial charge in [0.15, 0.2) is 0 Å². The van der Waals surface area contributed by atoms with Crippen molar-refractivity contribution in [2.75, 3.05) is 0 Å². The van der Waals surface area contributed by atoms with Crippen molar-refractivity contribution in [3.63, 3.8) is 0 Å². The van der Waals surface area contributed by atoms with Crippen LogP contribution in [0.5, 0.6) is 0 Å². The summed E-state index contributed by atoms with van der Waals surface area (Å²) in [5.41, 5.74) is 1.04. The van der Waals surface area contributed by atoms with Crippen molar-refractivity contribution in [2.45, 2.75) is 18.8 Å². The van der Waals surface area contributed by atoms with Gasteiger partial charge in [0.1, 0.15) is 5.15 Å². The highest BCUT2D eigenvalue weighted by Crippen LogP contribution is 2.33. The molecule has 1 heterocycles. The number of allylic oxidation sites excluding steroid dienone is 2. The molecule has 13 heavy (non-hydrogen) atoms. The maximum Gasteiger partial charge on any atom is 0.129 e. The van der Waals surface area contributed by atoms with E-state index >= 15 is 0 Å². The number of aliphatic hydroxyl groups excluding tert-OH is 1. The van der Waals surface area contributed by atoms with Crippen molar-refractivity contribution in [1.82, 2.24) is 4.98 Å². The molecule has 0 aliphatic heterocycles. The Hall–Kier alpha value is -1.02. The molecule has 1 aromatic heterocycles. The number of pyridine rings is 1. The first-order valence-electron chi connectivity index (χ1n) is 4.28. The third kappa shape index (κ3) is 1.68. The number of rotatable bonds is 1. The fourth-order valence-corrected chi connectivity index (χ4v) is 1.73. The highest BCUT2D eigenvalue weighted by Gasteiger charge is 2.20. The molecule has 0 fully saturated rings. The van der Waals surface area contributed by atoms with E-state index in [0.717, 1.165) is 18.4 Å². The van der Waals surface area contributed by atoms with E-state index in [4.69, 9.17) is 11.6 Å². The van der Waals surface area contributed by atoms with Gasteiger partial charge in [-0.1, -0.05) is 17.7 Å². The van der Waals surface area contributed by atoms with E-state index in [9.17, 15) is 5.11 Å². The Morgan fingerprint density at radius 1 is 1.46 bits per heavy atom. The van der Waals surface area contributed by atoms with Gasteiger partial charge in [0.2, 0.25) is 0 Å². The van der Waals surface area contributed by atoms with E-state index < -0.39 is 0 Å². The first kappa shape index (κ1) is 8.57. The number of hydrogen-bond acceptors (Lipinski definition) is 2. The van der Waals surface area contributed by atoms with Crippen LogP contribution in [0.4, 0.5) is 0 Å². The van der Waals surface area contributed by atoms with Gasteiger partial charge in [-0.25, -0.2) is 4.98 Å². The zero-order valence-electron chi connectivity index (χ0n) is 7.07. The van der Waals surface area contributed by atoms with E-state index in [1.54, 1.807) is 12.3 Å². The Balaban J connectivity index is 2.26. The van der Waals surface area contributed by atoms with Gasteiger partial charge in [-0.05, 0) is 30.5 Å². The van der Waals surface area contributed by atoms with Crippen molar-refractivity contribution in [2.24, 2.45) is 0 Å². The van der Waals surface area contributed by atoms with Gasteiger partial charge >= 0.3 is 0 Å². The highest BCUT2D eigenvalue weighted by molar-refractivity contribution is 6.29. The van der Waals surface area contributed by atoms with Crippen molar-refractivity contribution < 1.29 is 5.11 Å². The predicted octanol–water partition coefficient (Wildman–Crippen LogP) is 3.05. The largest absolute Gasteiger partial charge is 0.512 e. The molecule has 0 saturated heterocycles. The van der Waals surface area contributed by atoms with Crippen LogP contribution in [-0.4, -0.2) is 10.1 Å². The number of halogens is 1. The number of aliphatic hydroxyl groups is 1. The summed E-state index contributed by atoms with van der Waals surface area (Å²) in [7, 11) is 0. The Labute approximate surface area is 81.9 Å². The lowest BCUT2D eigenvalue weighted by molar-refractivity contribution is 0.376. The monoisotopic (exact) mass is 195 g/mol. The SMILES string of the molecule is OC1=CCCC1c1ccc(Cl)nc1. The zero-order valence-corrected chi connectivity index (χ0v) is 7.83. The van der Waals surface area contributed by atoms with E-state index in [1.165, 1.54) is 0 Å². The molecule has 1 N–H and O–H groups in total. The average molecular weight is 196 g/mol. The Bertz CT molecular complexity index is 331. The van der Waals surface area contributed by atoms with Gasteiger partial charge < -0.3 is 5.11 Å². The maximum absolute atomic E-state index is 9.51. The van der Waals surface area contributed by atoms with Gasteiger partial charge in [0.25, 0.3) is 0 Å². The Morgan fingerprint density at radius 3 is 2.85 bits per heavy atom. The standard InChI is InChI=1S/C10H10ClNO/c11-10-5-4-7(6-12-10)8-2-1-3-9(8)13/h3-6,8,13H,1-2H2. The van der Waals surface area contributed by atoms with Crippen LogP contribution in [-0.2, 0) is 0 Å². The fraction of sp³-hybridized carbons (Fsp3) is 0.300. The van der Waals surface area contributed by atoms with Crippen molar-refractivity contribution in [3.05, 3.63) is 40.9 Å². The van der Waals surface area contributed by atoms with Crippen LogP contribution >= 0.6 is 11.6 Å². The second kappa shape index (κ2) is 3.38. The number of aromatic nitrogens is 1. The van der Waals surface area contributed by atoms with Gasteiger partial charge in [0, 0.05) is 12.1 Å². The van der Waals surface area contributed by atoms with Crippen molar-refractivity contribution in [1.29, 1.82) is 0 Å². The normalized spacial score (nSPS) is 21.6. The second-order valence-corrected chi connectivity index (χ2v) is 3.56. The summed E-state index contributed by atoms with van der Waals surface area (Å²) in [6.45, 7) is 0. The van der Waals surface area contributed by atoms with Crippen LogP contribution in [0.25, 0.3) is 0 Å². The molecular formula is C10H10ClNO. The second-order valence-electron chi connectivity index (χ2n) is 3.17. The van der Waals surface area contributed by atoms with Crippen LogP contribution in [0.2, 0.25) is 5.15 Å². The zero-order chi connectivity index (χ0) is 9.26. The quantitative estimate of drug-likeness (QED) is 0.699. The predicted molar refractivity (Wildman–Crippen MR) is 51.9 cm³/mol. The molecule has 68 valence electrons. The summed E-state index contributed by atoms with van der Waals surface area (Å²) < 4.78 is 0. The van der Waals surface area contributed by atoms with Crippen LogP contribution in [0, 0.1) is 0 Å². The topological polar surface area (TPSA) is 33.1 Å². The van der Waals surface area contributed by atoms with Crippen LogP contribution in [0.1, 0.15) is 24.3 Å². The van der Waals surface area contributed by atoms with Gasteiger partial charge in [0.05, 0.1) is 5.76 Å². The van der Waals surface area contributed by atoms with Crippen LogP contribution < -0.4 is 0 Å². The molecule has 1 aromatic rings. The molecule has 0 radical (unpaired) electrons. The minimum Gasteiger partial charge on any atom is -0.512 e. The van der Waals surface area contributed by atoms with Crippen LogP contribution in [0.3, 0.4) is 0 Å². The molecule has 2 nitrogen and oxygen atoms in total. The van der Waals surface area contributed by atoms with Crippen molar-refractivity contribution in [3.8, 4) is 0 Å². The number of hydrogen-bond donors (Lipinski definition) is 1. The van der Waals surface area contributed by atoms with Gasteiger partial charge in [-0.3, -0.25) is 0 Å². The van der Waals surface area contributed by atoms with E-state index in [2.05, 4.69) is 4.98 Å². The fourth-order valence-electron chi connectivity index (χ4n) is 1.62. The minimum absolute atomic E-state index is 0.129. The van der Waals surface area contributed by atoms with E-state index in [0.29, 0.717) is 10.9 Å². The van der Waals surface area contributed by atoms with E-state index in [-0.39, 0.29) is 5.92 Å². The molecule has 0 amide bonds. The summed E-state index contributed by atoms with van der Waals surface area (Å²) in [5, 5.41) is 10.0. The molecule has 0 bridgehead atoms. The molecule has 3 heteroatoms. The first-order valence-corrected chi connectivity index (χ1v) is 4.65. The third-order valence-electron chi connectivity index (χ3n) is 2.32. The summed E-state index contributed by atoms with van der Waals surface area (Å²) in [6.07, 6.45) is 5.50. The molecule has 0 aromatic carbocycles. The molecule has 1 unspecified atom stereocenters. The molecule has 1 aliphatic carbocycles. The molecule has 0 spiro atoms. The number of nitrogens with zero attached hydrogens (tertiary/aromatic N) is 1. The third-order valence-corrected chi connectivity index (χ3v) is 2.54. The molecule has 1 atom stereocenters. The molecule has 0 saturated carbocycles. The lowest BCUT2D eigenvalue weighted by Crippen LogP contribution is -1.97. The summed E-state index contributed by atoms with van der Waals surface area (Å²) in [5.74, 6) is 0.592. The van der Waals surface area contributed by atoms with Gasteiger partial charge in [-0.15, -0.1) is 0 Å². The summed E-state index contributed by atoms with van der Waals surface area (Å²) >= 11 is 5.67. The Morgan fingerprint density at radius 2 is 2.31 bits per heavy atom. The highest BCUT2D eigenvalue weighted by atomic mass is 35.5. The molecular weight excluding hydrogens is 186 g/mol. The maximum atomic E-state index is 9.51. The minimum atomic E-state index is 0.129. The Kier molecular flexibility index (Phi) is 2.23. The molecule has 1 aliphatic rings. The molecule has 2 rings (SSSR count). The summed E-state index contributed by atoms with van der Waals surface area (Å²) in [6, 6.07) is 3.66. The first-order chi connectivity index (χ1) is 6.27. The van der Waals surface area contributed by atoms with Crippen LogP contribution in [0.15, 0.2) is 30.2 Å². The average Bonchev–Trinajstić information content (AvgIpc) is 2.53. The smallest absolute Gasteiger partial charge is 0.129 e. The lowest BCUT2D eigenvalue weighted by atomic mass is 9.99. The van der Waals surface area contributed by atoms with Gasteiger partial charge in [-0.2, -0.15) is 0 Å². The lowest BCUT2D eigenvalue weighted by Gasteiger charge is -2.09. The van der Waals surface area contributed by atoms with Crippen molar-refractivity contribution >= 4 is 11.6 Å². The summed E-state index contributed by atoms with van der Waals surface area (Å²) in [4.78, 5) is 3.99. The van der Waals surface area contributed by atoms with E-state index in [1.807, 2.05) is 12.1 Å².